The molecule has 0 rings (SSSR count). The molecule has 18 heavy (non-hydrogen) atoms. The number of carbonyl (C=O) groups is 1. The van der Waals surface area contributed by atoms with Crippen LogP contribution in [0.2, 0.25) is 0 Å². The van der Waals surface area contributed by atoms with Crippen LogP contribution in [0.5, 0.6) is 0 Å². The second-order valence-corrected chi connectivity index (χ2v) is 3.52. The largest absolute Gasteiger partial charge is 0.460 e. The third-order valence-electron chi connectivity index (χ3n) is 1.19. The number of hydrogen-bond acceptors (Lipinski definition) is 6. The van der Waals surface area contributed by atoms with Crippen molar-refractivity contribution in [3.63, 3.8) is 0 Å². The van der Waals surface area contributed by atoms with Gasteiger partial charge < -0.3 is 24.4 Å². The Morgan fingerprint density at radius 2 is 1.67 bits per heavy atom. The van der Waals surface area contributed by atoms with Gasteiger partial charge in [0.2, 0.25) is 0 Å². The summed E-state index contributed by atoms with van der Waals surface area (Å²) in [5.41, 5.74) is 0. The number of carbonyl (C=O) groups excluding carboxylic acids is 1. The molecule has 2 N–H and O–H groups in total. The highest BCUT2D eigenvalue weighted by Crippen LogP contribution is 1.91. The second-order valence-electron chi connectivity index (χ2n) is 3.52. The number of ether oxygens (including phenoxy) is 3. The van der Waals surface area contributed by atoms with Crippen LogP contribution >= 0.6 is 0 Å². The average molecular weight is 268 g/mol. The van der Waals surface area contributed by atoms with E-state index in [1.165, 1.54) is 13.8 Å². The van der Waals surface area contributed by atoms with E-state index in [1.807, 2.05) is 6.92 Å². The Hall–Kier alpha value is -0.690. The minimum absolute atomic E-state index is 0.127. The van der Waals surface area contributed by atoms with E-state index in [1.54, 1.807) is 21.1 Å². The first-order valence-corrected chi connectivity index (χ1v) is 5.79. The number of aliphatic hydroxyl groups excluding tert-OH is 2. The van der Waals surface area contributed by atoms with Gasteiger partial charge in [0.05, 0.1) is 19.3 Å². The lowest BCUT2D eigenvalue weighted by Gasteiger charge is -2.10. The van der Waals surface area contributed by atoms with Crippen molar-refractivity contribution in [1.29, 1.82) is 0 Å². The summed E-state index contributed by atoms with van der Waals surface area (Å²) in [7, 11) is 3.25. The molecule has 0 saturated heterocycles. The van der Waals surface area contributed by atoms with Gasteiger partial charge in [0.25, 0.3) is 0 Å². The number of esters is 1. The standard InChI is InChI=1S/C7H14O3.C3H8O2.C2H6O/c1-4-9-5-6(2)10-7(3)8;1-3(5)2-4;1-3-2/h6H,4-5H2,1-3H3;3-5H,2H2,1H3;1-2H3. The molecule has 0 bridgehead atoms. The van der Waals surface area contributed by atoms with Crippen LogP contribution < -0.4 is 0 Å². The zero-order chi connectivity index (χ0) is 15.0. The predicted octanol–water partition coefficient (Wildman–Crippen LogP) is 0.597. The number of rotatable bonds is 5. The van der Waals surface area contributed by atoms with Crippen LogP contribution in [0.25, 0.3) is 0 Å². The SMILES string of the molecule is CC(O)CO.CCOCC(C)OC(C)=O.COC. The molecule has 0 fully saturated rings. The van der Waals surface area contributed by atoms with Crippen molar-refractivity contribution in [2.45, 2.75) is 39.9 Å². The molecule has 0 radical (unpaired) electrons. The van der Waals surface area contributed by atoms with Gasteiger partial charge in [-0.05, 0) is 20.8 Å². The molecule has 0 aliphatic carbocycles. The quantitative estimate of drug-likeness (QED) is 0.710. The van der Waals surface area contributed by atoms with Crippen LogP contribution in [0, 0.1) is 0 Å². The molecular weight excluding hydrogens is 240 g/mol. The van der Waals surface area contributed by atoms with Crippen molar-refractivity contribution in [1.82, 2.24) is 0 Å². The van der Waals surface area contributed by atoms with Gasteiger partial charge in [-0.1, -0.05) is 0 Å². The highest BCUT2D eigenvalue weighted by Gasteiger charge is 2.03. The van der Waals surface area contributed by atoms with E-state index >= 15 is 0 Å². The van der Waals surface area contributed by atoms with Crippen LogP contribution in [-0.2, 0) is 19.0 Å². The zero-order valence-electron chi connectivity index (χ0n) is 12.3. The molecule has 0 aromatic carbocycles. The second kappa shape index (κ2) is 18.7. The van der Waals surface area contributed by atoms with Gasteiger partial charge in [-0.15, -0.1) is 0 Å². The van der Waals surface area contributed by atoms with E-state index < -0.39 is 6.10 Å². The van der Waals surface area contributed by atoms with Gasteiger partial charge in [0, 0.05) is 27.8 Å². The predicted molar refractivity (Wildman–Crippen MR) is 69.4 cm³/mol. The Morgan fingerprint density at radius 1 is 1.28 bits per heavy atom. The minimum atomic E-state index is -0.560. The minimum Gasteiger partial charge on any atom is -0.460 e. The molecule has 0 amide bonds. The van der Waals surface area contributed by atoms with Crippen LogP contribution in [0.15, 0.2) is 0 Å². The maximum atomic E-state index is 10.3. The molecular formula is C12H28O6. The monoisotopic (exact) mass is 268 g/mol. The lowest BCUT2D eigenvalue weighted by Crippen LogP contribution is -2.18. The average Bonchev–Trinajstić information content (AvgIpc) is 2.27. The fourth-order valence-corrected chi connectivity index (χ4v) is 0.601. The molecule has 0 spiro atoms. The summed E-state index contributed by atoms with van der Waals surface area (Å²) < 4.78 is 14.1. The van der Waals surface area contributed by atoms with E-state index in [9.17, 15) is 4.79 Å². The number of hydrogen-bond donors (Lipinski definition) is 2. The van der Waals surface area contributed by atoms with E-state index in [0.717, 1.165) is 0 Å². The Kier molecular flexibility index (Phi) is 23.3. The molecule has 112 valence electrons. The summed E-state index contributed by atoms with van der Waals surface area (Å²) in [5, 5.41) is 16.0. The van der Waals surface area contributed by atoms with Gasteiger partial charge in [0.15, 0.2) is 0 Å². The Labute approximate surface area is 110 Å². The molecule has 0 aliphatic rings. The summed E-state index contributed by atoms with van der Waals surface area (Å²) >= 11 is 0. The molecule has 6 heteroatoms. The first-order chi connectivity index (χ1) is 8.35. The number of aliphatic hydroxyl groups is 2. The third-order valence-corrected chi connectivity index (χ3v) is 1.19. The maximum absolute atomic E-state index is 10.3. The maximum Gasteiger partial charge on any atom is 0.302 e. The van der Waals surface area contributed by atoms with E-state index in [0.29, 0.717) is 13.2 Å². The summed E-state index contributed by atoms with van der Waals surface area (Å²) in [5.74, 6) is -0.257. The normalized spacial score (nSPS) is 12.2. The molecule has 6 nitrogen and oxygen atoms in total. The summed E-state index contributed by atoms with van der Waals surface area (Å²) in [6.07, 6.45) is -0.688. The third kappa shape index (κ3) is 36.2. The molecule has 0 heterocycles. The lowest BCUT2D eigenvalue weighted by molar-refractivity contribution is -0.148. The van der Waals surface area contributed by atoms with Crippen LogP contribution in [0.1, 0.15) is 27.7 Å². The van der Waals surface area contributed by atoms with E-state index in [4.69, 9.17) is 19.7 Å². The first kappa shape index (κ1) is 22.5. The fourth-order valence-electron chi connectivity index (χ4n) is 0.601. The lowest BCUT2D eigenvalue weighted by atomic mass is 10.4. The topological polar surface area (TPSA) is 85.2 Å². The smallest absolute Gasteiger partial charge is 0.302 e. The molecule has 0 saturated carbocycles. The van der Waals surface area contributed by atoms with Crippen LogP contribution in [-0.4, -0.2) is 62.4 Å². The van der Waals surface area contributed by atoms with Gasteiger partial charge in [-0.3, -0.25) is 4.79 Å². The van der Waals surface area contributed by atoms with Gasteiger partial charge in [-0.25, -0.2) is 0 Å². The highest BCUT2D eigenvalue weighted by molar-refractivity contribution is 5.66. The van der Waals surface area contributed by atoms with Gasteiger partial charge in [-0.2, -0.15) is 0 Å². The van der Waals surface area contributed by atoms with Crippen molar-refractivity contribution < 1.29 is 29.2 Å². The molecule has 0 aromatic heterocycles. The van der Waals surface area contributed by atoms with Crippen molar-refractivity contribution in [3.8, 4) is 0 Å². The molecule has 2 atom stereocenters. The first-order valence-electron chi connectivity index (χ1n) is 5.79. The van der Waals surface area contributed by atoms with Crippen molar-refractivity contribution in [2.24, 2.45) is 0 Å². The summed E-state index contributed by atoms with van der Waals surface area (Å²) in [4.78, 5) is 10.3. The number of methoxy groups -OCH3 is 1. The Morgan fingerprint density at radius 3 is 1.89 bits per heavy atom. The molecule has 0 aliphatic heterocycles. The highest BCUT2D eigenvalue weighted by atomic mass is 16.6. The van der Waals surface area contributed by atoms with Crippen LogP contribution in [0.4, 0.5) is 0 Å². The zero-order valence-corrected chi connectivity index (χ0v) is 12.3. The fraction of sp³-hybridized carbons (Fsp3) is 0.917. The van der Waals surface area contributed by atoms with Gasteiger partial charge in [0.1, 0.15) is 6.10 Å². The van der Waals surface area contributed by atoms with Crippen LogP contribution in [0.3, 0.4) is 0 Å². The van der Waals surface area contributed by atoms with Crippen molar-refractivity contribution in [3.05, 3.63) is 0 Å². The van der Waals surface area contributed by atoms with E-state index in [-0.39, 0.29) is 18.7 Å². The Balaban J connectivity index is -0.000000235. The molecule has 2 unspecified atom stereocenters. The summed E-state index contributed by atoms with van der Waals surface area (Å²) in [6, 6.07) is 0. The van der Waals surface area contributed by atoms with Crippen molar-refractivity contribution in [2.75, 3.05) is 34.0 Å². The van der Waals surface area contributed by atoms with E-state index in [2.05, 4.69) is 4.74 Å². The summed E-state index contributed by atoms with van der Waals surface area (Å²) in [6.45, 7) is 7.63. The van der Waals surface area contributed by atoms with Crippen molar-refractivity contribution >= 4 is 5.97 Å². The molecule has 0 aromatic rings. The Bertz CT molecular complexity index is 161. The van der Waals surface area contributed by atoms with Gasteiger partial charge >= 0.3 is 5.97 Å².